The predicted octanol–water partition coefficient (Wildman–Crippen LogP) is 9.92. The molecule has 0 radical (unpaired) electrons. The van der Waals surface area contributed by atoms with Crippen LogP contribution in [0.5, 0.6) is 0 Å². The third-order valence-electron chi connectivity index (χ3n) is 11.1. The highest BCUT2D eigenvalue weighted by Gasteiger charge is 2.25. The summed E-state index contributed by atoms with van der Waals surface area (Å²) in [5.41, 5.74) is 2.07. The number of sulfonamides is 2. The molecular formula is C45H74N2O8S2. The lowest BCUT2D eigenvalue weighted by Gasteiger charge is -2.23. The van der Waals surface area contributed by atoms with Gasteiger partial charge in [-0.2, -0.15) is 8.61 Å². The molecule has 2 aliphatic heterocycles. The van der Waals surface area contributed by atoms with E-state index in [0.717, 1.165) is 146 Å². The fourth-order valence-corrected chi connectivity index (χ4v) is 10.5. The Hall–Kier alpha value is -1.90. The van der Waals surface area contributed by atoms with Gasteiger partial charge in [0.1, 0.15) is 0 Å². The molecular weight excluding hydrogens is 761 g/mol. The van der Waals surface area contributed by atoms with Crippen molar-refractivity contribution in [2.45, 2.75) is 171 Å². The molecule has 2 aliphatic rings. The fraction of sp³-hybridized carbons (Fsp3) is 0.733. The van der Waals surface area contributed by atoms with Crippen molar-refractivity contribution in [3.8, 4) is 0 Å². The lowest BCUT2D eigenvalue weighted by Crippen LogP contribution is -2.33. The molecule has 2 saturated heterocycles. The quantitative estimate of drug-likeness (QED) is 0.0716. The second-order valence-corrected chi connectivity index (χ2v) is 19.9. The number of hydrogen-bond donors (Lipinski definition) is 0. The smallest absolute Gasteiger partial charge is 0.243 e. The van der Waals surface area contributed by atoms with Crippen LogP contribution < -0.4 is 0 Å². The summed E-state index contributed by atoms with van der Waals surface area (Å²) in [6.07, 6.45) is 20.6. The first-order valence-corrected chi connectivity index (χ1v) is 25.1. The van der Waals surface area contributed by atoms with Crippen LogP contribution >= 0.6 is 0 Å². The van der Waals surface area contributed by atoms with Crippen molar-refractivity contribution in [3.63, 3.8) is 0 Å². The highest BCUT2D eigenvalue weighted by Crippen LogP contribution is 2.22. The molecule has 0 spiro atoms. The molecule has 2 aromatic carbocycles. The van der Waals surface area contributed by atoms with Gasteiger partial charge in [-0.25, -0.2) is 16.8 Å². The van der Waals surface area contributed by atoms with Crippen molar-refractivity contribution in [3.05, 3.63) is 59.7 Å². The van der Waals surface area contributed by atoms with Crippen LogP contribution in [0.3, 0.4) is 0 Å². The molecule has 4 rings (SSSR count). The van der Waals surface area contributed by atoms with E-state index in [-0.39, 0.29) is 12.6 Å². The molecule has 0 N–H and O–H groups in total. The number of unbranched alkanes of at least 4 members (excludes halogenated alkanes) is 12. The van der Waals surface area contributed by atoms with Gasteiger partial charge in [-0.1, -0.05) is 93.2 Å². The second-order valence-electron chi connectivity index (χ2n) is 16.1. The Morgan fingerprint density at radius 3 is 1.11 bits per heavy atom. The monoisotopic (exact) mass is 834 g/mol. The van der Waals surface area contributed by atoms with Gasteiger partial charge in [-0.15, -0.1) is 0 Å². The standard InChI is InChI=1S/C45H74N2O8S2/c1-40-24-28-42(29-25-40)56(48,49)46(34-16-8-4-10-18-36-52-44-22-12-20-38-54-44)32-14-6-3-7-15-33-47(57(50,51)43-30-26-41(2)27-31-43)35-17-9-5-11-19-37-53-45-23-13-21-39-55-45/h24-31,44-45H,3-23,32-39H2,1-2H3. The summed E-state index contributed by atoms with van der Waals surface area (Å²) in [6.45, 7) is 8.94. The number of benzene rings is 2. The van der Waals surface area contributed by atoms with Gasteiger partial charge >= 0.3 is 0 Å². The minimum atomic E-state index is -3.59. The zero-order chi connectivity index (χ0) is 40.6. The van der Waals surface area contributed by atoms with Gasteiger partial charge in [0.2, 0.25) is 20.0 Å². The molecule has 2 aromatic rings. The van der Waals surface area contributed by atoms with Gasteiger partial charge in [-0.3, -0.25) is 0 Å². The number of ether oxygens (including phenoxy) is 4. The average Bonchev–Trinajstić information content (AvgIpc) is 3.21. The van der Waals surface area contributed by atoms with Crippen molar-refractivity contribution in [1.29, 1.82) is 0 Å². The zero-order valence-electron chi connectivity index (χ0n) is 35.3. The number of aryl methyl sites for hydroxylation is 2. The summed E-state index contributed by atoms with van der Waals surface area (Å²) < 4.78 is 81.3. The topological polar surface area (TPSA) is 112 Å². The molecule has 57 heavy (non-hydrogen) atoms. The summed E-state index contributed by atoms with van der Waals surface area (Å²) in [5.74, 6) is 0. The third-order valence-corrected chi connectivity index (χ3v) is 14.9. The van der Waals surface area contributed by atoms with E-state index in [9.17, 15) is 16.8 Å². The van der Waals surface area contributed by atoms with E-state index in [2.05, 4.69) is 0 Å². The minimum Gasteiger partial charge on any atom is -0.353 e. The van der Waals surface area contributed by atoms with Gasteiger partial charge in [-0.05, 0) is 115 Å². The van der Waals surface area contributed by atoms with Crippen molar-refractivity contribution in [2.24, 2.45) is 0 Å². The first-order valence-electron chi connectivity index (χ1n) is 22.3. The largest absolute Gasteiger partial charge is 0.353 e. The molecule has 2 atom stereocenters. The number of rotatable bonds is 30. The molecule has 0 aliphatic carbocycles. The van der Waals surface area contributed by atoms with E-state index in [4.69, 9.17) is 18.9 Å². The first kappa shape index (κ1) is 47.8. The lowest BCUT2D eigenvalue weighted by atomic mass is 10.1. The molecule has 0 bridgehead atoms. The Labute approximate surface area is 346 Å². The number of hydrogen-bond acceptors (Lipinski definition) is 8. The summed E-state index contributed by atoms with van der Waals surface area (Å²) in [6, 6.07) is 14.3. The van der Waals surface area contributed by atoms with Gasteiger partial charge in [0.25, 0.3) is 0 Å². The summed E-state index contributed by atoms with van der Waals surface area (Å²) in [5, 5.41) is 0. The van der Waals surface area contributed by atoms with Gasteiger partial charge < -0.3 is 18.9 Å². The Balaban J connectivity index is 1.17. The van der Waals surface area contributed by atoms with Crippen LogP contribution in [-0.2, 0) is 39.0 Å². The lowest BCUT2D eigenvalue weighted by molar-refractivity contribution is -0.163. The highest BCUT2D eigenvalue weighted by molar-refractivity contribution is 7.89. The van der Waals surface area contributed by atoms with Crippen LogP contribution in [0, 0.1) is 13.8 Å². The van der Waals surface area contributed by atoms with E-state index in [0.29, 0.717) is 49.2 Å². The van der Waals surface area contributed by atoms with Gasteiger partial charge in [0.15, 0.2) is 12.6 Å². The van der Waals surface area contributed by atoms with E-state index in [1.807, 2.05) is 38.1 Å². The Bertz CT molecular complexity index is 1440. The van der Waals surface area contributed by atoms with Crippen LogP contribution in [0.1, 0.15) is 146 Å². The molecule has 0 amide bonds. The maximum atomic E-state index is 13.7. The molecule has 10 nitrogen and oxygen atoms in total. The molecule has 2 heterocycles. The van der Waals surface area contributed by atoms with Crippen LogP contribution in [0.2, 0.25) is 0 Å². The number of nitrogens with zero attached hydrogens (tertiary/aromatic N) is 2. The Morgan fingerprint density at radius 1 is 0.474 bits per heavy atom. The van der Waals surface area contributed by atoms with E-state index < -0.39 is 20.0 Å². The van der Waals surface area contributed by atoms with Crippen molar-refractivity contribution >= 4 is 20.0 Å². The molecule has 0 aromatic heterocycles. The average molecular weight is 835 g/mol. The van der Waals surface area contributed by atoms with Crippen LogP contribution in [0.15, 0.2) is 58.3 Å². The highest BCUT2D eigenvalue weighted by atomic mass is 32.2. The maximum absolute atomic E-state index is 13.7. The third kappa shape index (κ3) is 18.1. The zero-order valence-corrected chi connectivity index (χ0v) is 36.9. The van der Waals surface area contributed by atoms with Gasteiger partial charge in [0.05, 0.1) is 9.79 Å². The summed E-state index contributed by atoms with van der Waals surface area (Å²) in [7, 11) is -7.19. The molecule has 12 heteroatoms. The SMILES string of the molecule is Cc1ccc(S(=O)(=O)N(CCCCCCCOC2CCCCO2)CCCCCCCN(CCCCCCCOC2CCCCO2)S(=O)(=O)c2ccc(C)cc2)cc1. The molecule has 2 unspecified atom stereocenters. The van der Waals surface area contributed by atoms with E-state index in [1.165, 1.54) is 12.8 Å². The minimum absolute atomic E-state index is 0.0436. The van der Waals surface area contributed by atoms with Crippen molar-refractivity contribution in [2.75, 3.05) is 52.6 Å². The van der Waals surface area contributed by atoms with Gasteiger partial charge in [0, 0.05) is 52.6 Å². The van der Waals surface area contributed by atoms with Crippen LogP contribution in [0.25, 0.3) is 0 Å². The van der Waals surface area contributed by atoms with Crippen molar-refractivity contribution in [1.82, 2.24) is 8.61 Å². The van der Waals surface area contributed by atoms with Crippen LogP contribution in [0.4, 0.5) is 0 Å². The Morgan fingerprint density at radius 2 is 0.789 bits per heavy atom. The Kier molecular flexibility index (Phi) is 22.7. The van der Waals surface area contributed by atoms with Crippen LogP contribution in [-0.4, -0.2) is 90.6 Å². The maximum Gasteiger partial charge on any atom is 0.243 e. The summed E-state index contributed by atoms with van der Waals surface area (Å²) >= 11 is 0. The second kappa shape index (κ2) is 27.0. The fourth-order valence-electron chi connectivity index (χ4n) is 7.49. The van der Waals surface area contributed by atoms with Crippen molar-refractivity contribution < 1.29 is 35.8 Å². The molecule has 324 valence electrons. The molecule has 2 fully saturated rings. The van der Waals surface area contributed by atoms with E-state index in [1.54, 1.807) is 32.9 Å². The first-order chi connectivity index (χ1) is 27.7. The summed E-state index contributed by atoms with van der Waals surface area (Å²) in [4.78, 5) is 0.702. The molecule has 0 saturated carbocycles. The normalized spacial score (nSPS) is 18.1. The van der Waals surface area contributed by atoms with E-state index >= 15 is 0 Å². The predicted molar refractivity (Wildman–Crippen MR) is 228 cm³/mol.